The zero-order chi connectivity index (χ0) is 14.9. The summed E-state index contributed by atoms with van der Waals surface area (Å²) in [6, 6.07) is 3.87. The van der Waals surface area contributed by atoms with Crippen LogP contribution in [0.5, 0.6) is 0 Å². The molecule has 2 fully saturated rings. The average Bonchev–Trinajstić information content (AvgIpc) is 3.17. The van der Waals surface area contributed by atoms with Gasteiger partial charge in [0.1, 0.15) is 5.82 Å². The van der Waals surface area contributed by atoms with Gasteiger partial charge in [0.05, 0.1) is 5.56 Å². The lowest BCUT2D eigenvalue weighted by molar-refractivity contribution is 0.0776. The molecule has 3 rings (SSSR count). The van der Waals surface area contributed by atoms with E-state index in [9.17, 15) is 4.79 Å². The molecule has 1 amide bonds. The Hall–Kier alpha value is -1.62. The Kier molecular flexibility index (Phi) is 3.85. The molecule has 0 aromatic carbocycles. The predicted molar refractivity (Wildman–Crippen MR) is 83.4 cm³/mol. The van der Waals surface area contributed by atoms with Gasteiger partial charge in [0.2, 0.25) is 0 Å². The Morgan fingerprint density at radius 1 is 1.33 bits per heavy atom. The zero-order valence-electron chi connectivity index (χ0n) is 12.7. The van der Waals surface area contributed by atoms with Crippen LogP contribution in [0.15, 0.2) is 18.3 Å². The van der Waals surface area contributed by atoms with Crippen molar-refractivity contribution in [3.8, 4) is 0 Å². The lowest BCUT2D eigenvalue weighted by Crippen LogP contribution is -2.34. The van der Waals surface area contributed by atoms with Gasteiger partial charge in [0, 0.05) is 32.4 Å². The number of likely N-dealkylation sites (tertiary alicyclic amines) is 1. The van der Waals surface area contributed by atoms with Crippen LogP contribution in [0.2, 0.25) is 0 Å². The predicted octanol–water partition coefficient (Wildman–Crippen LogP) is 1.49. The molecule has 114 valence electrons. The molecule has 0 saturated carbocycles. The van der Waals surface area contributed by atoms with Gasteiger partial charge in [0.25, 0.3) is 5.91 Å². The number of amides is 1. The second-order valence-electron chi connectivity index (χ2n) is 6.59. The van der Waals surface area contributed by atoms with E-state index in [1.54, 1.807) is 6.20 Å². The van der Waals surface area contributed by atoms with Crippen molar-refractivity contribution in [3.05, 3.63) is 23.9 Å². The highest BCUT2D eigenvalue weighted by atomic mass is 16.2. The third kappa shape index (κ3) is 2.88. The first-order valence-electron chi connectivity index (χ1n) is 7.82. The number of pyridine rings is 1. The Labute approximate surface area is 126 Å². The first kappa shape index (κ1) is 14.3. The molecule has 0 radical (unpaired) electrons. The van der Waals surface area contributed by atoms with E-state index in [2.05, 4.69) is 16.8 Å². The van der Waals surface area contributed by atoms with Crippen LogP contribution in [0.1, 0.15) is 36.5 Å². The first-order chi connectivity index (χ1) is 10.1. The molecule has 2 aliphatic heterocycles. The van der Waals surface area contributed by atoms with Crippen LogP contribution in [0.4, 0.5) is 5.82 Å². The fourth-order valence-electron chi connectivity index (χ4n) is 3.19. The molecule has 3 heterocycles. The van der Waals surface area contributed by atoms with E-state index in [4.69, 9.17) is 5.73 Å². The number of carbonyl (C=O) groups is 1. The molecule has 0 spiro atoms. The maximum absolute atomic E-state index is 12.5. The van der Waals surface area contributed by atoms with Gasteiger partial charge in [0.15, 0.2) is 0 Å². The fourth-order valence-corrected chi connectivity index (χ4v) is 3.19. The average molecular weight is 288 g/mol. The molecule has 21 heavy (non-hydrogen) atoms. The van der Waals surface area contributed by atoms with Crippen LogP contribution in [0.3, 0.4) is 0 Å². The summed E-state index contributed by atoms with van der Waals surface area (Å²) in [6.07, 6.45) is 5.16. The number of anilines is 1. The molecule has 1 aromatic rings. The van der Waals surface area contributed by atoms with E-state index in [0.717, 1.165) is 38.4 Å². The largest absolute Gasteiger partial charge is 0.357 e. The number of aromatic nitrogens is 1. The Bertz CT molecular complexity index is 510. The molecule has 2 N–H and O–H groups in total. The molecule has 5 heteroatoms. The molecule has 5 nitrogen and oxygen atoms in total. The van der Waals surface area contributed by atoms with Crippen molar-refractivity contribution in [1.29, 1.82) is 0 Å². The number of rotatable bonds is 3. The molecule has 0 aliphatic carbocycles. The van der Waals surface area contributed by atoms with E-state index in [0.29, 0.717) is 12.1 Å². The summed E-state index contributed by atoms with van der Waals surface area (Å²) in [5.41, 5.74) is 6.55. The van der Waals surface area contributed by atoms with Gasteiger partial charge in [-0.2, -0.15) is 0 Å². The molecule has 0 bridgehead atoms. The highest BCUT2D eigenvalue weighted by molar-refractivity contribution is 5.94. The molecular weight excluding hydrogens is 264 g/mol. The van der Waals surface area contributed by atoms with Crippen molar-refractivity contribution in [3.63, 3.8) is 0 Å². The van der Waals surface area contributed by atoms with Gasteiger partial charge in [-0.1, -0.05) is 6.92 Å². The Balaban J connectivity index is 1.68. The third-order valence-electron chi connectivity index (χ3n) is 4.76. The number of hydrogen-bond donors (Lipinski definition) is 1. The van der Waals surface area contributed by atoms with Crippen molar-refractivity contribution in [2.75, 3.05) is 37.6 Å². The summed E-state index contributed by atoms with van der Waals surface area (Å²) < 4.78 is 0. The summed E-state index contributed by atoms with van der Waals surface area (Å²) in [7, 11) is 0. The smallest absolute Gasteiger partial charge is 0.255 e. The van der Waals surface area contributed by atoms with Gasteiger partial charge in [-0.15, -0.1) is 0 Å². The number of hydrogen-bond acceptors (Lipinski definition) is 4. The van der Waals surface area contributed by atoms with E-state index in [-0.39, 0.29) is 11.3 Å². The Morgan fingerprint density at radius 2 is 2.10 bits per heavy atom. The highest BCUT2D eigenvalue weighted by Crippen LogP contribution is 2.29. The van der Waals surface area contributed by atoms with Gasteiger partial charge in [-0.3, -0.25) is 4.79 Å². The maximum atomic E-state index is 12.5. The molecule has 1 unspecified atom stereocenters. The second kappa shape index (κ2) is 5.64. The summed E-state index contributed by atoms with van der Waals surface area (Å²) in [5.74, 6) is 1.06. The molecule has 2 saturated heterocycles. The van der Waals surface area contributed by atoms with Crippen molar-refractivity contribution in [2.24, 2.45) is 11.1 Å². The van der Waals surface area contributed by atoms with Gasteiger partial charge >= 0.3 is 0 Å². The zero-order valence-corrected chi connectivity index (χ0v) is 12.7. The normalized spacial score (nSPS) is 25.6. The number of nitrogens with two attached hydrogens (primary N) is 1. The number of nitrogens with zero attached hydrogens (tertiary/aromatic N) is 3. The third-order valence-corrected chi connectivity index (χ3v) is 4.76. The molecule has 1 atom stereocenters. The molecular formula is C16H24N4O. The summed E-state index contributed by atoms with van der Waals surface area (Å²) in [6.45, 7) is 6.46. The summed E-state index contributed by atoms with van der Waals surface area (Å²) >= 11 is 0. The van der Waals surface area contributed by atoms with Gasteiger partial charge in [-0.05, 0) is 43.4 Å². The van der Waals surface area contributed by atoms with E-state index in [1.807, 2.05) is 17.0 Å². The first-order valence-corrected chi connectivity index (χ1v) is 7.82. The van der Waals surface area contributed by atoms with Crippen molar-refractivity contribution in [1.82, 2.24) is 9.88 Å². The van der Waals surface area contributed by atoms with E-state index >= 15 is 0 Å². The molecule has 1 aromatic heterocycles. The highest BCUT2D eigenvalue weighted by Gasteiger charge is 2.35. The fraction of sp³-hybridized carbons (Fsp3) is 0.625. The minimum atomic E-state index is 0.0680. The minimum absolute atomic E-state index is 0.0680. The summed E-state index contributed by atoms with van der Waals surface area (Å²) in [4.78, 5) is 21.2. The second-order valence-corrected chi connectivity index (χ2v) is 6.59. The molecule has 2 aliphatic rings. The standard InChI is InChI=1S/C16H24N4O/c1-16(11-17)6-9-20(12-16)15(21)13-4-5-14(18-10-13)19-7-2-3-8-19/h4-5,10H,2-3,6-9,11-12,17H2,1H3. The maximum Gasteiger partial charge on any atom is 0.255 e. The lowest BCUT2D eigenvalue weighted by atomic mass is 9.90. The lowest BCUT2D eigenvalue weighted by Gasteiger charge is -2.22. The number of carbonyl (C=O) groups excluding carboxylic acids is 1. The van der Waals surface area contributed by atoms with Crippen molar-refractivity contribution >= 4 is 11.7 Å². The monoisotopic (exact) mass is 288 g/mol. The quantitative estimate of drug-likeness (QED) is 0.915. The van der Waals surface area contributed by atoms with E-state index < -0.39 is 0 Å². The van der Waals surface area contributed by atoms with Gasteiger partial charge < -0.3 is 15.5 Å². The van der Waals surface area contributed by atoms with E-state index in [1.165, 1.54) is 12.8 Å². The van der Waals surface area contributed by atoms with Crippen LogP contribution in [-0.4, -0.2) is 48.5 Å². The minimum Gasteiger partial charge on any atom is -0.357 e. The van der Waals surface area contributed by atoms with Crippen molar-refractivity contribution < 1.29 is 4.79 Å². The Morgan fingerprint density at radius 3 is 2.67 bits per heavy atom. The topological polar surface area (TPSA) is 62.5 Å². The van der Waals surface area contributed by atoms with Crippen LogP contribution in [-0.2, 0) is 0 Å². The van der Waals surface area contributed by atoms with Crippen LogP contribution < -0.4 is 10.6 Å². The van der Waals surface area contributed by atoms with Crippen LogP contribution in [0.25, 0.3) is 0 Å². The SMILES string of the molecule is CC1(CN)CCN(C(=O)c2ccc(N3CCCC3)nc2)C1. The van der Waals surface area contributed by atoms with Gasteiger partial charge in [-0.25, -0.2) is 4.98 Å². The van der Waals surface area contributed by atoms with Crippen LogP contribution in [0, 0.1) is 5.41 Å². The van der Waals surface area contributed by atoms with Crippen LogP contribution >= 0.6 is 0 Å². The van der Waals surface area contributed by atoms with Crippen molar-refractivity contribution in [2.45, 2.75) is 26.2 Å². The summed E-state index contributed by atoms with van der Waals surface area (Å²) in [5, 5.41) is 0.